The first-order valence-corrected chi connectivity index (χ1v) is 25.4. The average Bonchev–Trinajstić information content (AvgIpc) is 3.83. The number of aliphatic hydroxyl groups is 2. The van der Waals surface area contributed by atoms with E-state index in [1.54, 1.807) is 33.6 Å². The fraction of sp³-hybridized carbons (Fsp3) is 0.333. The largest absolute Gasteiger partial charge is 1.00 e. The summed E-state index contributed by atoms with van der Waals surface area (Å²) >= 11 is 0. The summed E-state index contributed by atoms with van der Waals surface area (Å²) in [5.41, 5.74) is 7.41. The normalized spacial score (nSPS) is 13.8. The van der Waals surface area contributed by atoms with Crippen molar-refractivity contribution >= 4 is 26.7 Å². The Hall–Kier alpha value is -4.41. The molecule has 0 saturated carbocycles. The van der Waals surface area contributed by atoms with Crippen LogP contribution in [-0.2, 0) is 31.6 Å². The van der Waals surface area contributed by atoms with Crippen LogP contribution in [0.3, 0.4) is 0 Å². The number of carboxylic acid groups (broad SMARTS) is 2. The van der Waals surface area contributed by atoms with Gasteiger partial charge in [0.15, 0.2) is 0 Å². The van der Waals surface area contributed by atoms with Gasteiger partial charge < -0.3 is 39.8 Å². The van der Waals surface area contributed by atoms with Gasteiger partial charge in [-0.25, -0.2) is 8.78 Å². The minimum Gasteiger partial charge on any atom is -0.550 e. The van der Waals surface area contributed by atoms with Gasteiger partial charge >= 0.3 is 37.7 Å². The van der Waals surface area contributed by atoms with E-state index in [-0.39, 0.29) is 86.6 Å². The van der Waals surface area contributed by atoms with Gasteiger partial charge in [-0.3, -0.25) is 18.5 Å². The van der Waals surface area contributed by atoms with Gasteiger partial charge in [-0.1, -0.05) is 84.9 Å². The summed E-state index contributed by atoms with van der Waals surface area (Å²) in [4.78, 5) is 42.2. The molecule has 0 fully saturated rings. The fourth-order valence-corrected chi connectivity index (χ4v) is 10.7. The number of aliphatic carboxylic acids is 2. The van der Waals surface area contributed by atoms with Crippen molar-refractivity contribution in [2.24, 2.45) is 0 Å². The molecular weight excluding hydrogens is 906 g/mol. The SMILES string of the molecule is CC(C)n1nc(-c2ccccc2)c(-c2ccc(F)cc2)c1CCP(=O)(O)C[C@@H](O)CC(=O)[O-].CC(C)n1nc(-c2ccccc2)c(-c2ccc(F)cc2)c1CCP(=O)(O)C[C@@H](O)CC(=O)[O-].[Li+].[Li+]. The van der Waals surface area contributed by atoms with Gasteiger partial charge in [0.2, 0.25) is 14.7 Å². The molecule has 0 aliphatic heterocycles. The van der Waals surface area contributed by atoms with E-state index in [0.717, 1.165) is 33.4 Å². The molecule has 2 aromatic heterocycles. The molecule has 6 rings (SSSR count). The molecule has 2 heterocycles. The molecule has 14 nitrogen and oxygen atoms in total. The van der Waals surface area contributed by atoms with Crippen LogP contribution < -0.4 is 47.9 Å². The van der Waals surface area contributed by atoms with Crippen LogP contribution in [0.25, 0.3) is 44.8 Å². The van der Waals surface area contributed by atoms with Crippen molar-refractivity contribution in [3.8, 4) is 44.8 Å². The zero-order valence-electron chi connectivity index (χ0n) is 39.0. The Balaban J connectivity index is 0.000000350. The van der Waals surface area contributed by atoms with Crippen LogP contribution in [0, 0.1) is 11.6 Å². The van der Waals surface area contributed by atoms with Crippen molar-refractivity contribution in [1.82, 2.24) is 19.6 Å². The van der Waals surface area contributed by atoms with Crippen molar-refractivity contribution in [2.75, 3.05) is 24.6 Å². The minimum atomic E-state index is -3.84. The zero-order valence-corrected chi connectivity index (χ0v) is 40.8. The summed E-state index contributed by atoms with van der Waals surface area (Å²) < 4.78 is 56.3. The van der Waals surface area contributed by atoms with E-state index in [0.29, 0.717) is 22.8 Å². The third-order valence-electron chi connectivity index (χ3n) is 10.6. The predicted octanol–water partition coefficient (Wildman–Crippen LogP) is 0.510. The third-order valence-corrected chi connectivity index (χ3v) is 14.4. The Bertz CT molecular complexity index is 2490. The summed E-state index contributed by atoms with van der Waals surface area (Å²) in [7, 11) is -7.69. The molecule has 0 saturated heterocycles. The van der Waals surface area contributed by atoms with Crippen molar-refractivity contribution in [3.05, 3.63) is 132 Å². The van der Waals surface area contributed by atoms with Crippen molar-refractivity contribution in [2.45, 2.75) is 77.7 Å². The van der Waals surface area contributed by atoms with Crippen LogP contribution >= 0.6 is 14.7 Å². The molecule has 0 aliphatic carbocycles. The molecule has 352 valence electrons. The van der Waals surface area contributed by atoms with Gasteiger partial charge in [0.25, 0.3) is 0 Å². The molecule has 0 spiro atoms. The van der Waals surface area contributed by atoms with E-state index < -0.39 is 64.0 Å². The van der Waals surface area contributed by atoms with E-state index in [2.05, 4.69) is 0 Å². The van der Waals surface area contributed by atoms with E-state index in [9.17, 15) is 57.7 Å². The Kier molecular flexibility index (Phi) is 22.1. The second-order valence-electron chi connectivity index (χ2n) is 16.6. The Morgan fingerprint density at radius 2 is 0.868 bits per heavy atom. The van der Waals surface area contributed by atoms with Crippen molar-refractivity contribution in [3.63, 3.8) is 0 Å². The topological polar surface area (TPSA) is 231 Å². The van der Waals surface area contributed by atoms with E-state index in [4.69, 9.17) is 10.2 Å². The number of benzene rings is 4. The molecule has 4 aromatic carbocycles. The minimum absolute atomic E-state index is 0. The first-order valence-electron chi connectivity index (χ1n) is 21.4. The summed E-state index contributed by atoms with van der Waals surface area (Å²) in [6.45, 7) is 7.79. The average molecular weight is 961 g/mol. The van der Waals surface area contributed by atoms with Crippen molar-refractivity contribution < 1.29 is 95.4 Å². The Morgan fingerprint density at radius 1 is 0.559 bits per heavy atom. The van der Waals surface area contributed by atoms with E-state index in [1.807, 2.05) is 88.4 Å². The fourth-order valence-electron chi connectivity index (χ4n) is 7.62. The predicted molar refractivity (Wildman–Crippen MR) is 245 cm³/mol. The number of carbonyl (C=O) groups excluding carboxylic acids is 2. The summed E-state index contributed by atoms with van der Waals surface area (Å²) in [6, 6.07) is 30.9. The first-order chi connectivity index (χ1) is 31.1. The van der Waals surface area contributed by atoms with Crippen LogP contribution in [0.4, 0.5) is 8.78 Å². The Labute approximate surface area is 418 Å². The number of aromatic nitrogens is 4. The molecule has 4 N–H and O–H groups in total. The summed E-state index contributed by atoms with van der Waals surface area (Å²) in [6.07, 6.45) is -5.40. The first kappa shape index (κ1) is 57.9. The van der Waals surface area contributed by atoms with Crippen LogP contribution in [0.2, 0.25) is 0 Å². The number of hydrogen-bond donors (Lipinski definition) is 4. The maximum atomic E-state index is 13.6. The van der Waals surface area contributed by atoms with Gasteiger partial charge in [-0.2, -0.15) is 10.2 Å². The second-order valence-corrected chi connectivity index (χ2v) is 21.6. The third kappa shape index (κ3) is 16.4. The number of rotatable bonds is 20. The van der Waals surface area contributed by atoms with Crippen LogP contribution in [0.15, 0.2) is 109 Å². The molecule has 0 bridgehead atoms. The van der Waals surface area contributed by atoms with Gasteiger partial charge in [-0.15, -0.1) is 0 Å². The molecule has 68 heavy (non-hydrogen) atoms. The van der Waals surface area contributed by atoms with Crippen molar-refractivity contribution in [1.29, 1.82) is 0 Å². The number of carbonyl (C=O) groups is 2. The number of nitrogens with zero attached hydrogens (tertiary/aromatic N) is 4. The van der Waals surface area contributed by atoms with Crippen LogP contribution in [0.5, 0.6) is 0 Å². The maximum absolute atomic E-state index is 13.6. The molecule has 0 radical (unpaired) electrons. The second kappa shape index (κ2) is 26.0. The standard InChI is InChI=1S/2C24H28FN2O5P.2Li/c2*1-16(2)27-21(12-13-33(31,32)15-20(28)14-22(29)30)23(17-8-10-19(25)11-9-17)24(26-27)18-6-4-3-5-7-18;;/h2*3-11,16,20,28H,12-15H2,1-2H3,(H,29,30)(H,31,32);;/q;;2*+1/p-2/t2*20-;;/m00../s1. The van der Waals surface area contributed by atoms with Gasteiger partial charge in [0.05, 0.1) is 24.5 Å². The van der Waals surface area contributed by atoms with E-state index in [1.165, 1.54) is 24.3 Å². The smallest absolute Gasteiger partial charge is 0.550 e. The number of carboxylic acids is 2. The zero-order chi connectivity index (χ0) is 48.3. The monoisotopic (exact) mass is 960 g/mol. The molecule has 4 atom stereocenters. The number of halogens is 2. The quantitative estimate of drug-likeness (QED) is 0.0606. The Morgan fingerprint density at radius 3 is 1.15 bits per heavy atom. The van der Waals surface area contributed by atoms with Gasteiger partial charge in [0, 0.05) is 82.8 Å². The maximum Gasteiger partial charge on any atom is 1.00 e. The molecule has 6 aromatic rings. The number of hydrogen-bond acceptors (Lipinski definition) is 10. The summed E-state index contributed by atoms with van der Waals surface area (Å²) in [5, 5.41) is 50.5. The summed E-state index contributed by atoms with van der Waals surface area (Å²) in [5.74, 6) is -3.71. The van der Waals surface area contributed by atoms with Crippen LogP contribution in [-0.4, -0.2) is 88.4 Å². The molecule has 20 heteroatoms. The molecule has 0 amide bonds. The number of aliphatic hydroxyl groups excluding tert-OH is 2. The van der Waals surface area contributed by atoms with Crippen LogP contribution in [0.1, 0.15) is 64.0 Å². The molecule has 2 unspecified atom stereocenters. The van der Waals surface area contributed by atoms with E-state index >= 15 is 0 Å². The molecule has 0 aliphatic rings. The van der Waals surface area contributed by atoms with Gasteiger partial charge in [-0.05, 0) is 75.9 Å². The van der Waals surface area contributed by atoms with Gasteiger partial charge in [0.1, 0.15) is 23.0 Å². The molecular formula is C48H54F2Li2N4O10P2.